The second kappa shape index (κ2) is 5.96. The first-order valence-corrected chi connectivity index (χ1v) is 8.62. The molecule has 4 rings (SSSR count). The molecule has 1 aromatic carbocycles. The highest BCUT2D eigenvalue weighted by Crippen LogP contribution is 2.36. The van der Waals surface area contributed by atoms with Crippen LogP contribution in [0.4, 0.5) is 13.2 Å². The monoisotopic (exact) mass is 365 g/mol. The van der Waals surface area contributed by atoms with Crippen LogP contribution in [0.1, 0.15) is 22.0 Å². The molecule has 0 fully saturated rings. The molecule has 3 aromatic rings. The molecule has 4 nitrogen and oxygen atoms in total. The van der Waals surface area contributed by atoms with Crippen LogP contribution < -0.4 is 10.9 Å². The lowest BCUT2D eigenvalue weighted by Crippen LogP contribution is -2.35. The third-order valence-corrected chi connectivity index (χ3v) is 5.50. The minimum absolute atomic E-state index is 0.0176. The summed E-state index contributed by atoms with van der Waals surface area (Å²) >= 11 is 1.37. The highest BCUT2D eigenvalue weighted by atomic mass is 32.1. The van der Waals surface area contributed by atoms with Crippen molar-refractivity contribution in [3.05, 3.63) is 63.0 Å². The van der Waals surface area contributed by atoms with Gasteiger partial charge in [-0.2, -0.15) is 13.2 Å². The van der Waals surface area contributed by atoms with Crippen molar-refractivity contribution in [1.82, 2.24) is 14.9 Å². The van der Waals surface area contributed by atoms with Crippen molar-refractivity contribution in [1.29, 1.82) is 0 Å². The molecule has 1 aliphatic heterocycles. The van der Waals surface area contributed by atoms with E-state index < -0.39 is 17.8 Å². The molecule has 130 valence electrons. The van der Waals surface area contributed by atoms with Crippen LogP contribution in [0.25, 0.3) is 10.2 Å². The van der Waals surface area contributed by atoms with Gasteiger partial charge in [-0.3, -0.25) is 9.36 Å². The summed E-state index contributed by atoms with van der Waals surface area (Å²) in [4.78, 5) is 18.6. The first-order valence-electron chi connectivity index (χ1n) is 7.80. The zero-order valence-electron chi connectivity index (χ0n) is 13.0. The van der Waals surface area contributed by atoms with Gasteiger partial charge in [0, 0.05) is 11.4 Å². The van der Waals surface area contributed by atoms with Crippen molar-refractivity contribution in [3.8, 4) is 0 Å². The molecule has 1 N–H and O–H groups in total. The van der Waals surface area contributed by atoms with E-state index in [-0.39, 0.29) is 5.56 Å². The number of hydrogen-bond acceptors (Lipinski definition) is 4. The average Bonchev–Trinajstić information content (AvgIpc) is 2.96. The number of benzene rings is 1. The molecule has 0 radical (unpaired) electrons. The largest absolute Gasteiger partial charge is 0.413 e. The summed E-state index contributed by atoms with van der Waals surface area (Å²) in [5.41, 5.74) is 0.221. The topological polar surface area (TPSA) is 46.9 Å². The number of hydrogen-bond donors (Lipinski definition) is 1. The van der Waals surface area contributed by atoms with Gasteiger partial charge in [-0.05, 0) is 24.1 Å². The Balaban J connectivity index is 1.96. The molecule has 0 saturated carbocycles. The molecule has 3 heterocycles. The quantitative estimate of drug-likeness (QED) is 0.758. The Bertz CT molecular complexity index is 978. The SMILES string of the molecule is O=c1c2c3c(sc2ncn1[C@@H](c1ccccc1)C(F)(F)F)CNCC3. The fourth-order valence-electron chi connectivity index (χ4n) is 3.25. The Kier molecular flexibility index (Phi) is 3.88. The maximum absolute atomic E-state index is 13.7. The van der Waals surface area contributed by atoms with E-state index in [1.165, 1.54) is 35.6 Å². The molecule has 2 aromatic heterocycles. The van der Waals surface area contributed by atoms with Gasteiger partial charge in [0.25, 0.3) is 5.56 Å². The van der Waals surface area contributed by atoms with Crippen LogP contribution in [0.5, 0.6) is 0 Å². The Morgan fingerprint density at radius 2 is 2.00 bits per heavy atom. The van der Waals surface area contributed by atoms with Crippen LogP contribution in [0.2, 0.25) is 0 Å². The van der Waals surface area contributed by atoms with Crippen LogP contribution in [0, 0.1) is 0 Å². The molecular weight excluding hydrogens is 351 g/mol. The van der Waals surface area contributed by atoms with Crippen LogP contribution in [0.15, 0.2) is 41.5 Å². The highest BCUT2D eigenvalue weighted by Gasteiger charge is 2.43. The van der Waals surface area contributed by atoms with Crippen molar-refractivity contribution < 1.29 is 13.2 Å². The van der Waals surface area contributed by atoms with Gasteiger partial charge in [-0.15, -0.1) is 11.3 Å². The van der Waals surface area contributed by atoms with Gasteiger partial charge in [0.2, 0.25) is 0 Å². The van der Waals surface area contributed by atoms with Gasteiger partial charge in [-0.1, -0.05) is 30.3 Å². The van der Waals surface area contributed by atoms with E-state index in [2.05, 4.69) is 10.3 Å². The molecule has 1 aliphatic rings. The smallest absolute Gasteiger partial charge is 0.312 e. The van der Waals surface area contributed by atoms with Crippen molar-refractivity contribution >= 4 is 21.6 Å². The van der Waals surface area contributed by atoms with Crippen LogP contribution in [-0.2, 0) is 13.0 Å². The number of fused-ring (bicyclic) bond motifs is 3. The molecule has 25 heavy (non-hydrogen) atoms. The van der Waals surface area contributed by atoms with Crippen LogP contribution >= 0.6 is 11.3 Å². The normalized spacial score (nSPS) is 16.0. The lowest BCUT2D eigenvalue weighted by Gasteiger charge is -2.23. The second-order valence-corrected chi connectivity index (χ2v) is 7.01. The van der Waals surface area contributed by atoms with E-state index in [4.69, 9.17) is 0 Å². The molecule has 0 amide bonds. The molecular formula is C17H14F3N3OS. The van der Waals surface area contributed by atoms with Gasteiger partial charge in [0.05, 0.1) is 5.39 Å². The minimum atomic E-state index is -4.60. The predicted molar refractivity (Wildman–Crippen MR) is 89.9 cm³/mol. The van der Waals surface area contributed by atoms with E-state index in [0.29, 0.717) is 34.3 Å². The minimum Gasteiger partial charge on any atom is -0.312 e. The van der Waals surface area contributed by atoms with Crippen molar-refractivity contribution in [2.45, 2.75) is 25.2 Å². The number of aromatic nitrogens is 2. The summed E-state index contributed by atoms with van der Waals surface area (Å²) in [6.07, 6.45) is -2.96. The predicted octanol–water partition coefficient (Wildman–Crippen LogP) is 3.26. The molecule has 0 saturated heterocycles. The van der Waals surface area contributed by atoms with Gasteiger partial charge in [0.15, 0.2) is 6.04 Å². The van der Waals surface area contributed by atoms with Gasteiger partial charge >= 0.3 is 6.18 Å². The zero-order valence-corrected chi connectivity index (χ0v) is 13.8. The third-order valence-electron chi connectivity index (χ3n) is 4.36. The maximum Gasteiger partial charge on any atom is 0.413 e. The van der Waals surface area contributed by atoms with Crippen LogP contribution in [0.3, 0.4) is 0 Å². The first kappa shape index (κ1) is 16.3. The van der Waals surface area contributed by atoms with Gasteiger partial charge < -0.3 is 5.32 Å². The number of nitrogens with zero attached hydrogens (tertiary/aromatic N) is 2. The lowest BCUT2D eigenvalue weighted by atomic mass is 10.0. The first-order chi connectivity index (χ1) is 12.0. The van der Waals surface area contributed by atoms with Crippen molar-refractivity contribution in [2.75, 3.05) is 6.54 Å². The number of rotatable bonds is 2. The van der Waals surface area contributed by atoms with E-state index >= 15 is 0 Å². The maximum atomic E-state index is 13.7. The molecule has 0 spiro atoms. The Labute approximate surface area is 144 Å². The number of halogens is 3. The molecule has 8 heteroatoms. The Hall–Kier alpha value is -2.19. The van der Waals surface area contributed by atoms with E-state index in [9.17, 15) is 18.0 Å². The fourth-order valence-corrected chi connectivity index (χ4v) is 4.40. The Morgan fingerprint density at radius 3 is 2.72 bits per heavy atom. The average molecular weight is 365 g/mol. The standard InChI is InChI=1S/C17H14F3N3OS/c18-17(19,20)14(10-4-2-1-3-5-10)23-9-22-15-13(16(23)24)11-6-7-21-8-12(11)25-15/h1-5,9,14,21H,6-8H2/t14-/m0/s1. The molecule has 0 aliphatic carbocycles. The molecule has 0 bridgehead atoms. The zero-order chi connectivity index (χ0) is 17.6. The van der Waals surface area contributed by atoms with Gasteiger partial charge in [-0.25, -0.2) is 4.98 Å². The van der Waals surface area contributed by atoms with E-state index in [0.717, 1.165) is 16.8 Å². The lowest BCUT2D eigenvalue weighted by molar-refractivity contribution is -0.157. The summed E-state index contributed by atoms with van der Waals surface area (Å²) in [7, 11) is 0. The van der Waals surface area contributed by atoms with Crippen LogP contribution in [-0.4, -0.2) is 22.3 Å². The summed E-state index contributed by atoms with van der Waals surface area (Å²) < 4.78 is 41.9. The van der Waals surface area contributed by atoms with E-state index in [1.807, 2.05) is 0 Å². The molecule has 1 atom stereocenters. The summed E-state index contributed by atoms with van der Waals surface area (Å²) in [6, 6.07) is 5.41. The summed E-state index contributed by atoms with van der Waals surface area (Å²) in [5.74, 6) is 0. The Morgan fingerprint density at radius 1 is 1.24 bits per heavy atom. The number of thiophene rings is 1. The van der Waals surface area contributed by atoms with Gasteiger partial charge in [0.1, 0.15) is 11.2 Å². The third kappa shape index (κ3) is 2.75. The summed E-state index contributed by atoms with van der Waals surface area (Å²) in [6.45, 7) is 1.33. The van der Waals surface area contributed by atoms with Crippen molar-refractivity contribution in [2.24, 2.45) is 0 Å². The summed E-state index contributed by atoms with van der Waals surface area (Å²) in [5, 5.41) is 3.53. The second-order valence-electron chi connectivity index (χ2n) is 5.92. The molecule has 0 unspecified atom stereocenters. The highest BCUT2D eigenvalue weighted by molar-refractivity contribution is 7.18. The van der Waals surface area contributed by atoms with Crippen molar-refractivity contribution in [3.63, 3.8) is 0 Å². The number of alkyl halides is 3. The number of nitrogens with one attached hydrogen (secondary N) is 1. The van der Waals surface area contributed by atoms with E-state index in [1.54, 1.807) is 6.07 Å². The fraction of sp³-hybridized carbons (Fsp3) is 0.294.